The lowest BCUT2D eigenvalue weighted by molar-refractivity contribution is 0.0951. The number of aliphatic hydroxyl groups excluding tert-OH is 1. The number of aliphatic hydroxyl groups is 1. The standard InChI is InChI=1S/C15H17NO2/c1-11-13(5-3-9-17)4-2-6-14(11)15(18)16-10-12-7-8-12/h2,4,6,12,17H,7-10H2,1H3,(H,16,18). The minimum Gasteiger partial charge on any atom is -0.384 e. The van der Waals surface area contributed by atoms with E-state index in [0.717, 1.165) is 17.7 Å². The predicted molar refractivity (Wildman–Crippen MR) is 70.2 cm³/mol. The van der Waals surface area contributed by atoms with E-state index in [9.17, 15) is 4.79 Å². The predicted octanol–water partition coefficient (Wildman–Crippen LogP) is 1.48. The van der Waals surface area contributed by atoms with Gasteiger partial charge in [0.2, 0.25) is 0 Å². The van der Waals surface area contributed by atoms with Gasteiger partial charge in [-0.2, -0.15) is 0 Å². The van der Waals surface area contributed by atoms with Crippen molar-refractivity contribution in [2.45, 2.75) is 19.8 Å². The highest BCUT2D eigenvalue weighted by Crippen LogP contribution is 2.27. The van der Waals surface area contributed by atoms with Crippen molar-refractivity contribution in [1.82, 2.24) is 5.32 Å². The fraction of sp³-hybridized carbons (Fsp3) is 0.400. The summed E-state index contributed by atoms with van der Waals surface area (Å²) in [4.78, 5) is 12.0. The second-order valence-electron chi connectivity index (χ2n) is 4.59. The molecule has 0 heterocycles. The second-order valence-corrected chi connectivity index (χ2v) is 4.59. The lowest BCUT2D eigenvalue weighted by atomic mass is 10.0. The Balaban J connectivity index is 2.13. The first-order valence-electron chi connectivity index (χ1n) is 6.20. The molecular formula is C15H17NO2. The lowest BCUT2D eigenvalue weighted by Gasteiger charge is -2.08. The molecule has 0 aliphatic heterocycles. The molecule has 1 aliphatic carbocycles. The van der Waals surface area contributed by atoms with Crippen LogP contribution in [0.15, 0.2) is 18.2 Å². The Hall–Kier alpha value is -1.79. The van der Waals surface area contributed by atoms with Crippen molar-refractivity contribution in [3.8, 4) is 11.8 Å². The summed E-state index contributed by atoms with van der Waals surface area (Å²) in [6.45, 7) is 2.48. The molecular weight excluding hydrogens is 226 g/mol. The van der Waals surface area contributed by atoms with Crippen molar-refractivity contribution in [2.75, 3.05) is 13.2 Å². The zero-order valence-electron chi connectivity index (χ0n) is 10.5. The summed E-state index contributed by atoms with van der Waals surface area (Å²) in [5.74, 6) is 6.10. The lowest BCUT2D eigenvalue weighted by Crippen LogP contribution is -2.26. The number of carbonyl (C=O) groups excluding carboxylic acids is 1. The van der Waals surface area contributed by atoms with Gasteiger partial charge in [0.1, 0.15) is 6.61 Å². The van der Waals surface area contributed by atoms with Gasteiger partial charge >= 0.3 is 0 Å². The van der Waals surface area contributed by atoms with Crippen LogP contribution >= 0.6 is 0 Å². The van der Waals surface area contributed by atoms with E-state index in [0.29, 0.717) is 11.5 Å². The van der Waals surface area contributed by atoms with E-state index in [1.165, 1.54) is 12.8 Å². The zero-order chi connectivity index (χ0) is 13.0. The smallest absolute Gasteiger partial charge is 0.251 e. The van der Waals surface area contributed by atoms with E-state index in [1.807, 2.05) is 25.1 Å². The highest BCUT2D eigenvalue weighted by molar-refractivity contribution is 5.96. The molecule has 0 bridgehead atoms. The summed E-state index contributed by atoms with van der Waals surface area (Å²) in [5, 5.41) is 11.6. The topological polar surface area (TPSA) is 49.3 Å². The minimum absolute atomic E-state index is 0.0351. The maximum atomic E-state index is 12.0. The van der Waals surface area contributed by atoms with E-state index in [4.69, 9.17) is 5.11 Å². The zero-order valence-corrected chi connectivity index (χ0v) is 10.5. The van der Waals surface area contributed by atoms with E-state index in [-0.39, 0.29) is 12.5 Å². The van der Waals surface area contributed by atoms with Gasteiger partial charge in [0.25, 0.3) is 5.91 Å². The van der Waals surface area contributed by atoms with Crippen LogP contribution in [0, 0.1) is 24.7 Å². The van der Waals surface area contributed by atoms with Gasteiger partial charge in [0.15, 0.2) is 0 Å². The number of carbonyl (C=O) groups is 1. The third-order valence-corrected chi connectivity index (χ3v) is 3.13. The summed E-state index contributed by atoms with van der Waals surface area (Å²) in [5.41, 5.74) is 2.33. The molecule has 0 unspecified atom stereocenters. The number of rotatable bonds is 3. The van der Waals surface area contributed by atoms with E-state index in [2.05, 4.69) is 17.2 Å². The molecule has 0 atom stereocenters. The summed E-state index contributed by atoms with van der Waals surface area (Å²) >= 11 is 0. The van der Waals surface area contributed by atoms with Gasteiger partial charge in [-0.05, 0) is 43.4 Å². The average Bonchev–Trinajstić information content (AvgIpc) is 3.19. The molecule has 0 saturated heterocycles. The Morgan fingerprint density at radius 3 is 2.94 bits per heavy atom. The van der Waals surface area contributed by atoms with E-state index < -0.39 is 0 Å². The normalized spacial score (nSPS) is 13.7. The SMILES string of the molecule is Cc1c(C#CCO)cccc1C(=O)NCC1CC1. The van der Waals surface area contributed by atoms with Crippen molar-refractivity contribution in [3.63, 3.8) is 0 Å². The molecule has 0 spiro atoms. The van der Waals surface area contributed by atoms with Gasteiger partial charge in [-0.25, -0.2) is 0 Å². The quantitative estimate of drug-likeness (QED) is 0.790. The van der Waals surface area contributed by atoms with Crippen molar-refractivity contribution >= 4 is 5.91 Å². The molecule has 1 aliphatic rings. The summed E-state index contributed by atoms with van der Waals surface area (Å²) in [7, 11) is 0. The van der Waals surface area contributed by atoms with Gasteiger partial charge in [0, 0.05) is 17.7 Å². The van der Waals surface area contributed by atoms with Gasteiger partial charge < -0.3 is 10.4 Å². The molecule has 94 valence electrons. The van der Waals surface area contributed by atoms with Crippen LogP contribution in [0.2, 0.25) is 0 Å². The molecule has 0 aromatic heterocycles. The van der Waals surface area contributed by atoms with Crippen LogP contribution in [0.5, 0.6) is 0 Å². The molecule has 0 radical (unpaired) electrons. The number of nitrogens with one attached hydrogen (secondary N) is 1. The van der Waals surface area contributed by atoms with Gasteiger partial charge in [-0.3, -0.25) is 4.79 Å². The van der Waals surface area contributed by atoms with Gasteiger partial charge in [0.05, 0.1) is 0 Å². The Morgan fingerprint density at radius 1 is 1.50 bits per heavy atom. The number of hydrogen-bond acceptors (Lipinski definition) is 2. The Kier molecular flexibility index (Phi) is 4.01. The highest BCUT2D eigenvalue weighted by Gasteiger charge is 2.22. The first-order valence-corrected chi connectivity index (χ1v) is 6.20. The Labute approximate surface area is 107 Å². The average molecular weight is 243 g/mol. The Bertz CT molecular complexity index is 507. The third-order valence-electron chi connectivity index (χ3n) is 3.13. The minimum atomic E-state index is -0.169. The second kappa shape index (κ2) is 5.70. The van der Waals surface area contributed by atoms with Gasteiger partial charge in [-0.15, -0.1) is 0 Å². The molecule has 1 aromatic carbocycles. The van der Waals surface area contributed by atoms with Crippen LogP contribution in [-0.4, -0.2) is 24.2 Å². The number of amides is 1. The summed E-state index contributed by atoms with van der Waals surface area (Å²) in [6, 6.07) is 5.48. The molecule has 3 nitrogen and oxygen atoms in total. The molecule has 1 amide bonds. The first kappa shape index (κ1) is 12.7. The molecule has 1 saturated carbocycles. The Morgan fingerprint density at radius 2 is 2.28 bits per heavy atom. The van der Waals surface area contributed by atoms with Crippen LogP contribution in [0.4, 0.5) is 0 Å². The molecule has 1 aromatic rings. The van der Waals surface area contributed by atoms with Crippen LogP contribution in [0.1, 0.15) is 34.3 Å². The molecule has 18 heavy (non-hydrogen) atoms. The molecule has 1 fully saturated rings. The van der Waals surface area contributed by atoms with Crippen molar-refractivity contribution in [1.29, 1.82) is 0 Å². The van der Waals surface area contributed by atoms with E-state index in [1.54, 1.807) is 0 Å². The summed E-state index contributed by atoms with van der Waals surface area (Å²) in [6.07, 6.45) is 2.45. The fourth-order valence-electron chi connectivity index (χ4n) is 1.81. The number of benzene rings is 1. The van der Waals surface area contributed by atoms with Crippen molar-refractivity contribution in [3.05, 3.63) is 34.9 Å². The maximum Gasteiger partial charge on any atom is 0.251 e. The fourth-order valence-corrected chi connectivity index (χ4v) is 1.81. The molecule has 3 heteroatoms. The van der Waals surface area contributed by atoms with Crippen LogP contribution < -0.4 is 5.32 Å². The van der Waals surface area contributed by atoms with E-state index >= 15 is 0 Å². The first-order chi connectivity index (χ1) is 8.72. The van der Waals surface area contributed by atoms with Crippen LogP contribution in [0.3, 0.4) is 0 Å². The van der Waals surface area contributed by atoms with Gasteiger partial charge in [-0.1, -0.05) is 17.9 Å². The van der Waals surface area contributed by atoms with Crippen LogP contribution in [0.25, 0.3) is 0 Å². The maximum absolute atomic E-state index is 12.0. The van der Waals surface area contributed by atoms with Crippen LogP contribution in [-0.2, 0) is 0 Å². The molecule has 2 N–H and O–H groups in total. The number of hydrogen-bond donors (Lipinski definition) is 2. The monoisotopic (exact) mass is 243 g/mol. The van der Waals surface area contributed by atoms with Crippen molar-refractivity contribution < 1.29 is 9.90 Å². The summed E-state index contributed by atoms with van der Waals surface area (Å²) < 4.78 is 0. The highest BCUT2D eigenvalue weighted by atomic mass is 16.2. The largest absolute Gasteiger partial charge is 0.384 e. The molecule has 2 rings (SSSR count). The van der Waals surface area contributed by atoms with Crippen molar-refractivity contribution in [2.24, 2.45) is 5.92 Å². The third kappa shape index (κ3) is 3.12.